The van der Waals surface area contributed by atoms with Crippen LogP contribution in [0.4, 0.5) is 10.5 Å². The Morgan fingerprint density at radius 3 is 2.36 bits per heavy atom. The molecule has 1 N–H and O–H groups in total. The van der Waals surface area contributed by atoms with E-state index in [-0.39, 0.29) is 11.4 Å². The third kappa shape index (κ3) is 5.89. The van der Waals surface area contributed by atoms with Crippen LogP contribution in [0, 0.1) is 20.8 Å². The number of hydrogen-bond acceptors (Lipinski definition) is 5. The molecule has 4 aromatic carbocycles. The van der Waals surface area contributed by atoms with E-state index < -0.39 is 17.1 Å². The maximum atomic E-state index is 13.1. The van der Waals surface area contributed by atoms with Gasteiger partial charge >= 0.3 is 0 Å². The fourth-order valence-corrected chi connectivity index (χ4v) is 5.53. The van der Waals surface area contributed by atoms with E-state index in [1.54, 1.807) is 6.08 Å². The maximum absolute atomic E-state index is 13.1. The lowest BCUT2D eigenvalue weighted by molar-refractivity contribution is -0.127. The van der Waals surface area contributed by atoms with Gasteiger partial charge in [0.15, 0.2) is 0 Å². The zero-order chi connectivity index (χ0) is 27.5. The Hall–Kier alpha value is -4.36. The lowest BCUT2D eigenvalue weighted by atomic mass is 10.1. The van der Waals surface area contributed by atoms with Crippen molar-refractivity contribution in [1.82, 2.24) is 4.90 Å². The number of hydrogen-bond donors (Lipinski definition) is 1. The topological polar surface area (TPSA) is 75.7 Å². The highest BCUT2D eigenvalue weighted by atomic mass is 32.2. The van der Waals surface area contributed by atoms with E-state index >= 15 is 0 Å². The normalized spacial score (nSPS) is 14.3. The largest absolute Gasteiger partial charge is 0.488 e. The molecule has 0 aliphatic carbocycles. The van der Waals surface area contributed by atoms with Gasteiger partial charge in [-0.25, -0.2) is 0 Å². The first kappa shape index (κ1) is 26.3. The molecule has 39 heavy (non-hydrogen) atoms. The van der Waals surface area contributed by atoms with Crippen molar-refractivity contribution in [2.24, 2.45) is 0 Å². The molecule has 6 nitrogen and oxygen atoms in total. The molecule has 0 bridgehead atoms. The number of nitrogens with one attached hydrogen (secondary N) is 1. The number of ether oxygens (including phenoxy) is 1. The van der Waals surface area contributed by atoms with Crippen molar-refractivity contribution in [3.8, 4) is 5.75 Å². The number of amides is 3. The second kappa shape index (κ2) is 11.2. The number of aryl methyl sites for hydroxylation is 3. The van der Waals surface area contributed by atoms with Gasteiger partial charge in [-0.1, -0.05) is 72.3 Å². The summed E-state index contributed by atoms with van der Waals surface area (Å²) in [5, 5.41) is 4.68. The van der Waals surface area contributed by atoms with E-state index in [0.717, 1.165) is 49.7 Å². The number of benzene rings is 4. The molecule has 1 heterocycles. The minimum Gasteiger partial charge on any atom is -0.488 e. The molecule has 5 rings (SSSR count). The molecule has 0 unspecified atom stereocenters. The molecule has 1 saturated heterocycles. The third-order valence-electron chi connectivity index (χ3n) is 6.53. The van der Waals surface area contributed by atoms with Crippen LogP contribution in [0.5, 0.6) is 5.75 Å². The maximum Gasteiger partial charge on any atom is 0.294 e. The molecule has 1 aliphatic heterocycles. The highest BCUT2D eigenvalue weighted by Gasteiger charge is 2.36. The van der Waals surface area contributed by atoms with Crippen LogP contribution in [-0.4, -0.2) is 28.5 Å². The monoisotopic (exact) mass is 536 g/mol. The highest BCUT2D eigenvalue weighted by molar-refractivity contribution is 8.18. The molecule has 3 amide bonds. The standard InChI is InChI=1S/C32H28N2O4S/c1-20-14-21(2)30(22(3)15-20)33-29(35)18-34-31(36)28(39-32(34)37)17-26-10-6-7-11-27(26)38-19-23-12-13-24-8-4-5-9-25(24)16-23/h4-17H,18-19H2,1-3H3,(H,33,35)/b28-17-. The van der Waals surface area contributed by atoms with E-state index in [4.69, 9.17) is 4.74 Å². The Kier molecular flexibility index (Phi) is 7.52. The molecule has 4 aromatic rings. The highest BCUT2D eigenvalue weighted by Crippen LogP contribution is 2.34. The number of rotatable bonds is 7. The molecule has 1 fully saturated rings. The number of nitrogens with zero attached hydrogens (tertiary/aromatic N) is 1. The zero-order valence-corrected chi connectivity index (χ0v) is 22.8. The Balaban J connectivity index is 1.28. The first-order chi connectivity index (χ1) is 18.8. The zero-order valence-electron chi connectivity index (χ0n) is 22.0. The molecule has 7 heteroatoms. The summed E-state index contributed by atoms with van der Waals surface area (Å²) in [7, 11) is 0. The second-order valence-electron chi connectivity index (χ2n) is 9.60. The number of para-hydroxylation sites is 1. The molecule has 0 saturated carbocycles. The molecule has 0 aromatic heterocycles. The molecule has 0 radical (unpaired) electrons. The van der Waals surface area contributed by atoms with Gasteiger partial charge in [0.2, 0.25) is 5.91 Å². The van der Waals surface area contributed by atoms with Crippen molar-refractivity contribution >= 4 is 51.4 Å². The van der Waals surface area contributed by atoms with Gasteiger partial charge in [0.1, 0.15) is 18.9 Å². The van der Waals surface area contributed by atoms with Crippen LogP contribution in [0.2, 0.25) is 0 Å². The van der Waals surface area contributed by atoms with Crippen LogP contribution < -0.4 is 10.1 Å². The van der Waals surface area contributed by atoms with Crippen molar-refractivity contribution in [1.29, 1.82) is 0 Å². The summed E-state index contributed by atoms with van der Waals surface area (Å²) in [5.41, 5.74) is 5.35. The Bertz CT molecular complexity index is 1620. The van der Waals surface area contributed by atoms with Crippen LogP contribution >= 0.6 is 11.8 Å². The van der Waals surface area contributed by atoms with E-state index in [0.29, 0.717) is 23.6 Å². The van der Waals surface area contributed by atoms with Gasteiger partial charge in [0.05, 0.1) is 4.91 Å². The third-order valence-corrected chi connectivity index (χ3v) is 7.44. The Labute approximate surface area is 231 Å². The fourth-order valence-electron chi connectivity index (χ4n) is 4.70. The van der Waals surface area contributed by atoms with E-state index in [2.05, 4.69) is 29.6 Å². The average molecular weight is 537 g/mol. The summed E-state index contributed by atoms with van der Waals surface area (Å²) in [5.74, 6) is -0.324. The van der Waals surface area contributed by atoms with Gasteiger partial charge in [0, 0.05) is 11.3 Å². The van der Waals surface area contributed by atoms with Gasteiger partial charge in [-0.3, -0.25) is 19.3 Å². The van der Waals surface area contributed by atoms with Gasteiger partial charge < -0.3 is 10.1 Å². The molecule has 196 valence electrons. The Morgan fingerprint density at radius 2 is 1.59 bits per heavy atom. The van der Waals surface area contributed by atoms with Crippen LogP contribution in [0.15, 0.2) is 83.8 Å². The minimum atomic E-state index is -0.498. The molecule has 0 atom stereocenters. The predicted octanol–water partition coefficient (Wildman–Crippen LogP) is 7.02. The van der Waals surface area contributed by atoms with Gasteiger partial charge in [-0.2, -0.15) is 0 Å². The summed E-state index contributed by atoms with van der Waals surface area (Å²) in [6, 6.07) is 25.6. The van der Waals surface area contributed by atoms with Crippen LogP contribution in [0.3, 0.4) is 0 Å². The van der Waals surface area contributed by atoms with Crippen molar-refractivity contribution in [2.45, 2.75) is 27.4 Å². The van der Waals surface area contributed by atoms with Gasteiger partial charge in [-0.15, -0.1) is 0 Å². The number of carbonyl (C=O) groups excluding carboxylic acids is 3. The Morgan fingerprint density at radius 1 is 0.897 bits per heavy atom. The number of fused-ring (bicyclic) bond motifs is 1. The predicted molar refractivity (Wildman–Crippen MR) is 157 cm³/mol. The summed E-state index contributed by atoms with van der Waals surface area (Å²) < 4.78 is 6.11. The van der Waals surface area contributed by atoms with Crippen molar-refractivity contribution in [3.05, 3.63) is 112 Å². The van der Waals surface area contributed by atoms with Crippen molar-refractivity contribution in [3.63, 3.8) is 0 Å². The van der Waals surface area contributed by atoms with E-state index in [9.17, 15) is 14.4 Å². The molecular weight excluding hydrogens is 508 g/mol. The average Bonchev–Trinajstić information content (AvgIpc) is 3.17. The molecule has 1 aliphatic rings. The number of thioether (sulfide) groups is 1. The summed E-state index contributed by atoms with van der Waals surface area (Å²) >= 11 is 0.821. The number of anilines is 1. The van der Waals surface area contributed by atoms with Crippen LogP contribution in [-0.2, 0) is 16.2 Å². The smallest absolute Gasteiger partial charge is 0.294 e. The first-order valence-electron chi connectivity index (χ1n) is 12.6. The van der Waals surface area contributed by atoms with E-state index in [1.165, 1.54) is 0 Å². The SMILES string of the molecule is Cc1cc(C)c(NC(=O)CN2C(=O)S/C(=C\c3ccccc3OCc3ccc4ccccc4c3)C2=O)c(C)c1. The fraction of sp³-hybridized carbons (Fsp3) is 0.156. The van der Waals surface area contributed by atoms with Crippen LogP contribution in [0.1, 0.15) is 27.8 Å². The lowest BCUT2D eigenvalue weighted by Gasteiger charge is -2.16. The first-order valence-corrected chi connectivity index (χ1v) is 13.4. The van der Waals surface area contributed by atoms with E-state index in [1.807, 2.05) is 75.4 Å². The van der Waals surface area contributed by atoms with Gasteiger partial charge in [-0.05, 0) is 78.2 Å². The van der Waals surface area contributed by atoms with Gasteiger partial charge in [0.25, 0.3) is 11.1 Å². The minimum absolute atomic E-state index is 0.247. The summed E-state index contributed by atoms with van der Waals surface area (Å²) in [6.07, 6.45) is 1.65. The lowest BCUT2D eigenvalue weighted by Crippen LogP contribution is -2.36. The quantitative estimate of drug-likeness (QED) is 0.257. The second-order valence-corrected chi connectivity index (χ2v) is 10.6. The van der Waals surface area contributed by atoms with Crippen LogP contribution in [0.25, 0.3) is 16.8 Å². The van der Waals surface area contributed by atoms with Crippen molar-refractivity contribution in [2.75, 3.05) is 11.9 Å². The molecule has 0 spiro atoms. The van der Waals surface area contributed by atoms with Crippen molar-refractivity contribution < 1.29 is 19.1 Å². The summed E-state index contributed by atoms with van der Waals surface area (Å²) in [4.78, 5) is 39.8. The number of carbonyl (C=O) groups is 3. The number of imide groups is 1. The summed E-state index contributed by atoms with van der Waals surface area (Å²) in [6.45, 7) is 5.82. The molecular formula is C32H28N2O4S.